The number of nitro groups is 1. The van der Waals surface area contributed by atoms with Crippen molar-refractivity contribution >= 4 is 35.2 Å². The highest BCUT2D eigenvalue weighted by Gasteiger charge is 2.47. The predicted octanol–water partition coefficient (Wildman–Crippen LogP) is 4.25. The molecular formula is C29H24N2O9. The van der Waals surface area contributed by atoms with E-state index in [4.69, 9.17) is 9.47 Å². The molecule has 1 heterocycles. The van der Waals surface area contributed by atoms with Crippen molar-refractivity contribution < 1.29 is 38.4 Å². The van der Waals surface area contributed by atoms with E-state index in [1.807, 2.05) is 0 Å². The maximum Gasteiger partial charge on any atom is 0.343 e. The third-order valence-electron chi connectivity index (χ3n) is 6.14. The van der Waals surface area contributed by atoms with Gasteiger partial charge in [-0.1, -0.05) is 38.1 Å². The first kappa shape index (κ1) is 27.8. The summed E-state index contributed by atoms with van der Waals surface area (Å²) in [5.41, 5.74) is -0.571. The highest BCUT2D eigenvalue weighted by molar-refractivity contribution is 6.24. The largest absolute Gasteiger partial charge is 0.456 e. The van der Waals surface area contributed by atoms with Crippen molar-refractivity contribution in [1.82, 2.24) is 4.90 Å². The van der Waals surface area contributed by atoms with Gasteiger partial charge in [-0.3, -0.25) is 29.4 Å². The molecule has 0 aromatic heterocycles. The molecule has 3 aromatic carbocycles. The molecule has 1 aliphatic rings. The molecule has 11 heteroatoms. The summed E-state index contributed by atoms with van der Waals surface area (Å²) in [5, 5.41) is 11.4. The minimum absolute atomic E-state index is 0.0216. The van der Waals surface area contributed by atoms with Gasteiger partial charge in [-0.25, -0.2) is 9.59 Å². The molecule has 0 saturated heterocycles. The minimum atomic E-state index is -1.39. The molecule has 1 aliphatic heterocycles. The Bertz CT molecular complexity index is 1500. The number of hydrogen-bond acceptors (Lipinski definition) is 9. The second kappa shape index (κ2) is 11.7. The first-order valence-corrected chi connectivity index (χ1v) is 12.3. The molecule has 0 N–H and O–H groups in total. The molecule has 0 saturated carbocycles. The standard InChI is InChI=1S/C29H24N2O9/c1-17(2)15-23(30-26(33)21-9-6-10-22(31(37)38)25(21)27(30)34)29(36)39-16-24(32)18-11-13-20(14-12-18)40-28(35)19-7-4-3-5-8-19/h3-14,17,23H,15-16H2,1-2H3. The van der Waals surface area contributed by atoms with E-state index in [2.05, 4.69) is 0 Å². The molecule has 3 aromatic rings. The predicted molar refractivity (Wildman–Crippen MR) is 140 cm³/mol. The van der Waals surface area contributed by atoms with Crippen LogP contribution in [0, 0.1) is 16.0 Å². The third kappa shape index (κ3) is 5.78. The molecule has 40 heavy (non-hydrogen) atoms. The van der Waals surface area contributed by atoms with Gasteiger partial charge in [0.15, 0.2) is 12.4 Å². The van der Waals surface area contributed by atoms with Gasteiger partial charge in [0.2, 0.25) is 0 Å². The van der Waals surface area contributed by atoms with Gasteiger partial charge < -0.3 is 9.47 Å². The van der Waals surface area contributed by atoms with Crippen LogP contribution in [0.2, 0.25) is 0 Å². The van der Waals surface area contributed by atoms with Gasteiger partial charge in [0, 0.05) is 11.6 Å². The molecule has 0 fully saturated rings. The van der Waals surface area contributed by atoms with E-state index in [1.165, 1.54) is 36.4 Å². The summed E-state index contributed by atoms with van der Waals surface area (Å²) in [6, 6.07) is 16.3. The number of ether oxygens (including phenoxy) is 2. The number of nitrogens with zero attached hydrogens (tertiary/aromatic N) is 2. The zero-order valence-electron chi connectivity index (χ0n) is 21.6. The fraction of sp³-hybridized carbons (Fsp3) is 0.207. The summed E-state index contributed by atoms with van der Waals surface area (Å²) in [6.07, 6.45) is 0.0216. The lowest BCUT2D eigenvalue weighted by Gasteiger charge is -2.25. The highest BCUT2D eigenvalue weighted by atomic mass is 16.6. The molecule has 1 unspecified atom stereocenters. The Morgan fingerprint density at radius 1 is 0.875 bits per heavy atom. The average molecular weight is 545 g/mol. The Kier molecular flexibility index (Phi) is 8.13. The van der Waals surface area contributed by atoms with Crippen LogP contribution in [-0.2, 0) is 9.53 Å². The van der Waals surface area contributed by atoms with Gasteiger partial charge in [-0.15, -0.1) is 0 Å². The van der Waals surface area contributed by atoms with Crippen LogP contribution >= 0.6 is 0 Å². The summed E-state index contributed by atoms with van der Waals surface area (Å²) >= 11 is 0. The zero-order valence-corrected chi connectivity index (χ0v) is 21.6. The van der Waals surface area contributed by atoms with Crippen LogP contribution in [0.15, 0.2) is 72.8 Å². The van der Waals surface area contributed by atoms with E-state index >= 15 is 0 Å². The number of ketones is 1. The number of fused-ring (bicyclic) bond motifs is 1. The van der Waals surface area contributed by atoms with Crippen LogP contribution in [0.4, 0.5) is 5.69 Å². The van der Waals surface area contributed by atoms with Gasteiger partial charge in [0.05, 0.1) is 16.1 Å². The first-order valence-electron chi connectivity index (χ1n) is 12.3. The van der Waals surface area contributed by atoms with Crippen LogP contribution in [0.3, 0.4) is 0 Å². The van der Waals surface area contributed by atoms with E-state index in [-0.39, 0.29) is 34.8 Å². The molecule has 11 nitrogen and oxygen atoms in total. The Hall–Kier alpha value is -5.19. The smallest absolute Gasteiger partial charge is 0.343 e. The molecule has 0 radical (unpaired) electrons. The molecule has 204 valence electrons. The van der Waals surface area contributed by atoms with Crippen molar-refractivity contribution in [3.63, 3.8) is 0 Å². The van der Waals surface area contributed by atoms with Crippen LogP contribution in [0.1, 0.15) is 61.7 Å². The number of imide groups is 1. The summed E-state index contributed by atoms with van der Waals surface area (Å²) in [6.45, 7) is 2.84. The zero-order chi connectivity index (χ0) is 29.0. The maximum atomic E-state index is 13.1. The molecule has 1 atom stereocenters. The van der Waals surface area contributed by atoms with Gasteiger partial charge in [-0.05, 0) is 54.8 Å². The van der Waals surface area contributed by atoms with Crippen LogP contribution in [0.25, 0.3) is 0 Å². The normalized spacial score (nSPS) is 13.1. The number of Topliss-reactive ketones (excluding diaryl/α,β-unsaturated/α-hetero) is 1. The Balaban J connectivity index is 1.44. The second-order valence-electron chi connectivity index (χ2n) is 9.39. The van der Waals surface area contributed by atoms with E-state index in [0.29, 0.717) is 10.5 Å². The number of esters is 2. The molecule has 0 aliphatic carbocycles. The van der Waals surface area contributed by atoms with E-state index in [0.717, 1.165) is 6.07 Å². The van der Waals surface area contributed by atoms with E-state index in [1.54, 1.807) is 44.2 Å². The Labute approximate surface area is 228 Å². The summed E-state index contributed by atoms with van der Waals surface area (Å²) < 4.78 is 10.5. The number of rotatable bonds is 10. The lowest BCUT2D eigenvalue weighted by atomic mass is 10.0. The molecule has 4 rings (SSSR count). The lowest BCUT2D eigenvalue weighted by molar-refractivity contribution is -0.385. The van der Waals surface area contributed by atoms with Crippen molar-refractivity contribution in [3.05, 3.63) is 105 Å². The number of nitro benzene ring substituents is 1. The average Bonchev–Trinajstić information content (AvgIpc) is 3.20. The van der Waals surface area contributed by atoms with Crippen molar-refractivity contribution in [3.8, 4) is 5.75 Å². The van der Waals surface area contributed by atoms with Crippen molar-refractivity contribution in [2.75, 3.05) is 6.61 Å². The SMILES string of the molecule is CC(C)CC(C(=O)OCC(=O)c1ccc(OC(=O)c2ccccc2)cc1)N1C(=O)c2cccc([N+](=O)[O-])c2C1=O. The number of benzene rings is 3. The van der Waals surface area contributed by atoms with Crippen molar-refractivity contribution in [2.45, 2.75) is 26.3 Å². The monoisotopic (exact) mass is 544 g/mol. The van der Waals surface area contributed by atoms with Crippen LogP contribution in [0.5, 0.6) is 5.75 Å². The van der Waals surface area contributed by atoms with Gasteiger partial charge in [0.1, 0.15) is 17.4 Å². The summed E-state index contributed by atoms with van der Waals surface area (Å²) in [7, 11) is 0. The number of hydrogen-bond donors (Lipinski definition) is 0. The Morgan fingerprint density at radius 2 is 1.55 bits per heavy atom. The number of carbonyl (C=O) groups excluding carboxylic acids is 5. The molecule has 0 bridgehead atoms. The topological polar surface area (TPSA) is 150 Å². The highest BCUT2D eigenvalue weighted by Crippen LogP contribution is 2.33. The Morgan fingerprint density at radius 3 is 2.17 bits per heavy atom. The fourth-order valence-electron chi connectivity index (χ4n) is 4.24. The molecule has 0 spiro atoms. The maximum absolute atomic E-state index is 13.1. The van der Waals surface area contributed by atoms with Crippen LogP contribution in [-0.4, -0.2) is 52.0 Å². The number of carbonyl (C=O) groups is 5. The van der Waals surface area contributed by atoms with Gasteiger partial charge in [-0.2, -0.15) is 0 Å². The minimum Gasteiger partial charge on any atom is -0.456 e. The van der Waals surface area contributed by atoms with E-state index in [9.17, 15) is 34.1 Å². The summed E-state index contributed by atoms with van der Waals surface area (Å²) in [4.78, 5) is 75.4. The first-order chi connectivity index (χ1) is 19.1. The van der Waals surface area contributed by atoms with Gasteiger partial charge in [0.25, 0.3) is 17.5 Å². The van der Waals surface area contributed by atoms with Crippen LogP contribution < -0.4 is 4.74 Å². The van der Waals surface area contributed by atoms with E-state index < -0.39 is 52.8 Å². The summed E-state index contributed by atoms with van der Waals surface area (Å²) in [5.74, 6) is -3.91. The third-order valence-corrected chi connectivity index (χ3v) is 6.14. The number of amides is 2. The molecule has 2 amide bonds. The second-order valence-corrected chi connectivity index (χ2v) is 9.39. The van der Waals surface area contributed by atoms with Gasteiger partial charge >= 0.3 is 11.9 Å². The fourth-order valence-corrected chi connectivity index (χ4v) is 4.24. The van der Waals surface area contributed by atoms with Crippen molar-refractivity contribution in [1.29, 1.82) is 0 Å². The molecular weight excluding hydrogens is 520 g/mol. The lowest BCUT2D eigenvalue weighted by Crippen LogP contribution is -2.46. The van der Waals surface area contributed by atoms with Crippen molar-refractivity contribution in [2.24, 2.45) is 5.92 Å². The quantitative estimate of drug-likeness (QED) is 0.0911.